The molecule has 0 saturated carbocycles. The molecule has 3 aromatic rings. The number of H-pyrrole nitrogens is 1. The van der Waals surface area contributed by atoms with Crippen molar-refractivity contribution in [2.45, 2.75) is 13.0 Å². The van der Waals surface area contributed by atoms with Crippen LogP contribution in [0.4, 0.5) is 0 Å². The Kier molecular flexibility index (Phi) is 4.09. The average molecular weight is 338 g/mol. The number of hydrogen-bond acceptors (Lipinski definition) is 4. The molecule has 0 bridgehead atoms. The Morgan fingerprint density at radius 1 is 1.09 bits per heavy atom. The molecule has 0 aliphatic rings. The lowest BCUT2D eigenvalue weighted by molar-refractivity contribution is 0.216. The molecule has 0 spiro atoms. The molecule has 0 radical (unpaired) electrons. The van der Waals surface area contributed by atoms with Crippen molar-refractivity contribution in [1.29, 1.82) is 0 Å². The first-order valence-electron chi connectivity index (χ1n) is 6.57. The molecule has 5 nitrogen and oxygen atoms in total. The molecule has 0 unspecified atom stereocenters. The van der Waals surface area contributed by atoms with Gasteiger partial charge in [0.25, 0.3) is 0 Å². The lowest BCUT2D eigenvalue weighted by Gasteiger charge is -2.19. The van der Waals surface area contributed by atoms with Crippen molar-refractivity contribution >= 4 is 34.1 Å². The highest BCUT2D eigenvalue weighted by atomic mass is 35.5. The first-order chi connectivity index (χ1) is 10.6. The van der Waals surface area contributed by atoms with E-state index in [2.05, 4.69) is 15.2 Å². The van der Waals surface area contributed by atoms with Gasteiger partial charge in [-0.1, -0.05) is 23.2 Å². The van der Waals surface area contributed by atoms with Crippen molar-refractivity contribution in [2.24, 2.45) is 0 Å². The smallest absolute Gasteiger partial charge is 0.162 e. The summed E-state index contributed by atoms with van der Waals surface area (Å²) < 4.78 is 11.4. The monoisotopic (exact) mass is 337 g/mol. The van der Waals surface area contributed by atoms with E-state index in [1.165, 1.54) is 0 Å². The first kappa shape index (κ1) is 14.9. The summed E-state index contributed by atoms with van der Waals surface area (Å²) in [5, 5.41) is 8.73. The zero-order valence-corrected chi connectivity index (χ0v) is 13.4. The number of rotatable bonds is 4. The Hall–Kier alpha value is -1.98. The number of aromatic amines is 1. The van der Waals surface area contributed by atoms with Gasteiger partial charge < -0.3 is 9.47 Å². The lowest BCUT2D eigenvalue weighted by Crippen LogP contribution is -2.06. The number of pyridine rings is 1. The molecule has 1 atom stereocenters. The van der Waals surface area contributed by atoms with Crippen molar-refractivity contribution < 1.29 is 9.47 Å². The van der Waals surface area contributed by atoms with Gasteiger partial charge >= 0.3 is 0 Å². The van der Waals surface area contributed by atoms with Crippen molar-refractivity contribution in [3.63, 3.8) is 0 Å². The Morgan fingerprint density at radius 3 is 2.50 bits per heavy atom. The maximum atomic E-state index is 6.17. The highest BCUT2D eigenvalue weighted by molar-refractivity contribution is 6.35. The zero-order valence-electron chi connectivity index (χ0n) is 11.9. The number of nitrogens with one attached hydrogen (secondary N) is 1. The molecule has 0 aliphatic carbocycles. The van der Waals surface area contributed by atoms with Crippen LogP contribution >= 0.6 is 23.2 Å². The maximum Gasteiger partial charge on any atom is 0.162 e. The minimum atomic E-state index is -0.360. The Bertz CT molecular complexity index is 799. The third-order valence-corrected chi connectivity index (χ3v) is 3.93. The highest BCUT2D eigenvalue weighted by Gasteiger charge is 2.18. The van der Waals surface area contributed by atoms with E-state index in [4.69, 9.17) is 32.7 Å². The minimum absolute atomic E-state index is 0.360. The minimum Gasteiger partial charge on any atom is -0.493 e. The van der Waals surface area contributed by atoms with Gasteiger partial charge in [0.15, 0.2) is 11.5 Å². The lowest BCUT2D eigenvalue weighted by atomic mass is 10.1. The standard InChI is InChI=1S/C15H13Cl2N3O2/c1-8(15-10(16)6-18-7-11(15)17)22-14-3-9-5-19-20-12(9)4-13(14)21-2/h3-8H,1-2H3,(H,19,20)/t8-/m0/s1. The fourth-order valence-corrected chi connectivity index (χ4v) is 2.93. The summed E-state index contributed by atoms with van der Waals surface area (Å²) in [6.07, 6.45) is 4.44. The SMILES string of the molecule is COc1cc2[nH]ncc2cc1O[C@@H](C)c1c(Cl)cncc1Cl. The van der Waals surface area contributed by atoms with Crippen LogP contribution in [-0.4, -0.2) is 22.3 Å². The van der Waals surface area contributed by atoms with Gasteiger partial charge in [-0.15, -0.1) is 0 Å². The van der Waals surface area contributed by atoms with Crippen molar-refractivity contribution in [1.82, 2.24) is 15.2 Å². The number of fused-ring (bicyclic) bond motifs is 1. The van der Waals surface area contributed by atoms with Gasteiger partial charge in [0, 0.05) is 29.4 Å². The normalized spacial score (nSPS) is 12.4. The van der Waals surface area contributed by atoms with Gasteiger partial charge in [-0.2, -0.15) is 5.10 Å². The number of nitrogens with zero attached hydrogens (tertiary/aromatic N) is 2. The van der Waals surface area contributed by atoms with Crippen molar-refractivity contribution in [2.75, 3.05) is 7.11 Å². The van der Waals surface area contributed by atoms with Gasteiger partial charge in [0.2, 0.25) is 0 Å². The summed E-state index contributed by atoms with van der Waals surface area (Å²) in [6.45, 7) is 1.87. The Morgan fingerprint density at radius 2 is 1.82 bits per heavy atom. The Labute approximate surface area is 137 Å². The van der Waals surface area contributed by atoms with E-state index in [1.807, 2.05) is 19.1 Å². The van der Waals surface area contributed by atoms with Gasteiger partial charge in [0.05, 0.1) is 28.9 Å². The van der Waals surface area contributed by atoms with Crippen molar-refractivity contribution in [3.8, 4) is 11.5 Å². The van der Waals surface area contributed by atoms with Crippen LogP contribution in [0, 0.1) is 0 Å². The van der Waals surface area contributed by atoms with Crippen LogP contribution in [0.3, 0.4) is 0 Å². The van der Waals surface area contributed by atoms with Crippen molar-refractivity contribution in [3.05, 3.63) is 46.3 Å². The van der Waals surface area contributed by atoms with Gasteiger partial charge in [0.1, 0.15) is 6.10 Å². The summed E-state index contributed by atoms with van der Waals surface area (Å²) in [5.41, 5.74) is 1.56. The summed E-state index contributed by atoms with van der Waals surface area (Å²) in [7, 11) is 1.58. The summed E-state index contributed by atoms with van der Waals surface area (Å²) >= 11 is 12.3. The van der Waals surface area contributed by atoms with E-state index in [9.17, 15) is 0 Å². The third kappa shape index (κ3) is 2.69. The van der Waals surface area contributed by atoms with Crippen LogP contribution in [0.2, 0.25) is 10.0 Å². The maximum absolute atomic E-state index is 6.17. The Balaban J connectivity index is 1.98. The van der Waals surface area contributed by atoms with Crippen LogP contribution < -0.4 is 9.47 Å². The number of aromatic nitrogens is 3. The molecule has 0 aliphatic heterocycles. The second-order valence-corrected chi connectivity index (χ2v) is 5.55. The van der Waals surface area contributed by atoms with Gasteiger partial charge in [-0.25, -0.2) is 0 Å². The van der Waals surface area contributed by atoms with Crippen LogP contribution in [-0.2, 0) is 0 Å². The molecular weight excluding hydrogens is 325 g/mol. The molecule has 2 heterocycles. The molecule has 7 heteroatoms. The van der Waals surface area contributed by atoms with Crippen LogP contribution in [0.25, 0.3) is 10.9 Å². The zero-order chi connectivity index (χ0) is 15.7. The van der Waals surface area contributed by atoms with E-state index < -0.39 is 0 Å². The quantitative estimate of drug-likeness (QED) is 0.765. The molecule has 114 valence electrons. The molecule has 3 rings (SSSR count). The predicted molar refractivity (Wildman–Crippen MR) is 85.9 cm³/mol. The van der Waals surface area contributed by atoms with Crippen LogP contribution in [0.5, 0.6) is 11.5 Å². The highest BCUT2D eigenvalue weighted by Crippen LogP contribution is 2.37. The molecule has 1 N–H and O–H groups in total. The second kappa shape index (κ2) is 6.02. The first-order valence-corrected chi connectivity index (χ1v) is 7.32. The number of halogens is 2. The molecule has 2 aromatic heterocycles. The van der Waals surface area contributed by atoms with Gasteiger partial charge in [-0.3, -0.25) is 10.1 Å². The molecule has 0 saturated heterocycles. The number of benzene rings is 1. The summed E-state index contributed by atoms with van der Waals surface area (Å²) in [6, 6.07) is 3.69. The van der Waals surface area contributed by atoms with Gasteiger partial charge in [-0.05, 0) is 13.0 Å². The summed E-state index contributed by atoms with van der Waals surface area (Å²) in [4.78, 5) is 3.95. The molecule has 1 aromatic carbocycles. The molecule has 22 heavy (non-hydrogen) atoms. The molecule has 0 amide bonds. The number of ether oxygens (including phenoxy) is 2. The van der Waals surface area contributed by atoms with E-state index in [0.29, 0.717) is 27.1 Å². The number of methoxy groups -OCH3 is 1. The van der Waals surface area contributed by atoms with E-state index >= 15 is 0 Å². The van der Waals surface area contributed by atoms with E-state index in [1.54, 1.807) is 25.7 Å². The largest absolute Gasteiger partial charge is 0.493 e. The predicted octanol–water partition coefficient (Wildman–Crippen LogP) is 4.41. The number of hydrogen-bond donors (Lipinski definition) is 1. The topological polar surface area (TPSA) is 60.0 Å². The third-order valence-electron chi connectivity index (χ3n) is 3.33. The fraction of sp³-hybridized carbons (Fsp3) is 0.200. The second-order valence-electron chi connectivity index (χ2n) is 4.74. The van der Waals surface area contributed by atoms with Crippen LogP contribution in [0.15, 0.2) is 30.7 Å². The van der Waals surface area contributed by atoms with E-state index in [-0.39, 0.29) is 6.10 Å². The van der Waals surface area contributed by atoms with E-state index in [0.717, 1.165) is 10.9 Å². The summed E-state index contributed by atoms with van der Waals surface area (Å²) in [5.74, 6) is 1.19. The molecule has 0 fully saturated rings. The molecular formula is C15H13Cl2N3O2. The fourth-order valence-electron chi connectivity index (χ4n) is 2.26. The average Bonchev–Trinajstić information content (AvgIpc) is 2.93. The van der Waals surface area contributed by atoms with Crippen LogP contribution in [0.1, 0.15) is 18.6 Å².